The van der Waals surface area contributed by atoms with Gasteiger partial charge in [0.25, 0.3) is 0 Å². The summed E-state index contributed by atoms with van der Waals surface area (Å²) in [6.07, 6.45) is 2.37. The summed E-state index contributed by atoms with van der Waals surface area (Å²) in [5.41, 5.74) is 3.12. The van der Waals surface area contributed by atoms with Gasteiger partial charge >= 0.3 is 0 Å². The van der Waals surface area contributed by atoms with Crippen molar-refractivity contribution in [2.45, 2.75) is 32.7 Å². The van der Waals surface area contributed by atoms with Gasteiger partial charge in [-0.25, -0.2) is 0 Å². The maximum Gasteiger partial charge on any atom is 0.221 e. The molecule has 1 aliphatic heterocycles. The van der Waals surface area contributed by atoms with E-state index in [-0.39, 0.29) is 5.91 Å². The van der Waals surface area contributed by atoms with E-state index in [4.69, 9.17) is 0 Å². The summed E-state index contributed by atoms with van der Waals surface area (Å²) in [4.78, 5) is 13.4. The molecule has 0 saturated carbocycles. The zero-order valence-corrected chi connectivity index (χ0v) is 12.0. The highest BCUT2D eigenvalue weighted by Crippen LogP contribution is 2.22. The lowest BCUT2D eigenvalue weighted by Crippen LogP contribution is -2.36. The van der Waals surface area contributed by atoms with Crippen molar-refractivity contribution in [3.05, 3.63) is 23.8 Å². The molecule has 0 spiro atoms. The minimum atomic E-state index is -0.0286. The summed E-state index contributed by atoms with van der Waals surface area (Å²) in [7, 11) is 2.17. The Bertz CT molecular complexity index is 451. The van der Waals surface area contributed by atoms with Gasteiger partial charge in [-0.05, 0) is 63.7 Å². The van der Waals surface area contributed by atoms with Gasteiger partial charge in [-0.15, -0.1) is 0 Å². The molecule has 1 fully saturated rings. The van der Waals surface area contributed by atoms with E-state index in [0.29, 0.717) is 6.04 Å². The molecule has 1 heterocycles. The first kappa shape index (κ1) is 13.9. The van der Waals surface area contributed by atoms with Crippen LogP contribution in [0.15, 0.2) is 18.2 Å². The van der Waals surface area contributed by atoms with Gasteiger partial charge in [0, 0.05) is 24.3 Å². The number of rotatable bonds is 3. The van der Waals surface area contributed by atoms with Gasteiger partial charge in [-0.3, -0.25) is 4.79 Å². The van der Waals surface area contributed by atoms with E-state index in [0.717, 1.165) is 30.0 Å². The second-order valence-electron chi connectivity index (χ2n) is 5.43. The van der Waals surface area contributed by atoms with Crippen LogP contribution in [0.3, 0.4) is 0 Å². The van der Waals surface area contributed by atoms with E-state index in [9.17, 15) is 4.79 Å². The third-order valence-corrected chi connectivity index (χ3v) is 3.63. The molecule has 0 atom stereocenters. The number of amides is 1. The van der Waals surface area contributed by atoms with Crippen molar-refractivity contribution in [3.63, 3.8) is 0 Å². The van der Waals surface area contributed by atoms with Crippen molar-refractivity contribution in [1.82, 2.24) is 4.90 Å². The summed E-state index contributed by atoms with van der Waals surface area (Å²) >= 11 is 0. The minimum absolute atomic E-state index is 0.0286. The van der Waals surface area contributed by atoms with E-state index < -0.39 is 0 Å². The highest BCUT2D eigenvalue weighted by atomic mass is 16.1. The fourth-order valence-corrected chi connectivity index (χ4v) is 2.47. The highest BCUT2D eigenvalue weighted by Gasteiger charge is 2.16. The average Bonchev–Trinajstić information content (AvgIpc) is 2.35. The molecule has 0 radical (unpaired) electrons. The summed E-state index contributed by atoms with van der Waals surface area (Å²) in [6, 6.07) is 6.66. The van der Waals surface area contributed by atoms with Crippen LogP contribution >= 0.6 is 0 Å². The summed E-state index contributed by atoms with van der Waals surface area (Å²) in [5.74, 6) is -0.0286. The Balaban J connectivity index is 1.98. The number of nitrogens with one attached hydrogen (secondary N) is 2. The Kier molecular flexibility index (Phi) is 4.43. The van der Waals surface area contributed by atoms with Crippen LogP contribution < -0.4 is 10.6 Å². The first-order valence-electron chi connectivity index (χ1n) is 6.88. The highest BCUT2D eigenvalue weighted by molar-refractivity contribution is 5.89. The van der Waals surface area contributed by atoms with Gasteiger partial charge in [0.15, 0.2) is 0 Å². The lowest BCUT2D eigenvalue weighted by Gasteiger charge is -2.30. The molecule has 19 heavy (non-hydrogen) atoms. The maximum atomic E-state index is 11.1. The lowest BCUT2D eigenvalue weighted by atomic mass is 10.0. The van der Waals surface area contributed by atoms with Crippen LogP contribution in [0.5, 0.6) is 0 Å². The number of hydrogen-bond donors (Lipinski definition) is 2. The molecule has 4 nitrogen and oxygen atoms in total. The zero-order valence-electron chi connectivity index (χ0n) is 12.0. The van der Waals surface area contributed by atoms with Gasteiger partial charge in [0.2, 0.25) is 5.91 Å². The monoisotopic (exact) mass is 261 g/mol. The van der Waals surface area contributed by atoms with Crippen LogP contribution in [0.2, 0.25) is 0 Å². The van der Waals surface area contributed by atoms with E-state index in [1.165, 1.54) is 19.8 Å². The average molecular weight is 261 g/mol. The van der Waals surface area contributed by atoms with Crippen LogP contribution in [-0.4, -0.2) is 37.0 Å². The summed E-state index contributed by atoms with van der Waals surface area (Å²) in [5, 5.41) is 6.42. The van der Waals surface area contributed by atoms with E-state index in [1.807, 2.05) is 19.1 Å². The van der Waals surface area contributed by atoms with Crippen LogP contribution in [0, 0.1) is 6.92 Å². The van der Waals surface area contributed by atoms with Crippen molar-refractivity contribution in [1.29, 1.82) is 0 Å². The molecule has 0 bridgehead atoms. The minimum Gasteiger partial charge on any atom is -0.382 e. The number of anilines is 2. The van der Waals surface area contributed by atoms with Gasteiger partial charge in [-0.2, -0.15) is 0 Å². The SMILES string of the molecule is CC(=O)Nc1ccc(NC2CCN(C)CC2)cc1C. The summed E-state index contributed by atoms with van der Waals surface area (Å²) in [6.45, 7) is 5.86. The van der Waals surface area contributed by atoms with Gasteiger partial charge in [0.05, 0.1) is 0 Å². The molecule has 0 aromatic heterocycles. The third kappa shape index (κ3) is 3.96. The maximum absolute atomic E-state index is 11.1. The molecule has 1 aromatic carbocycles. The number of carbonyl (C=O) groups is 1. The predicted molar refractivity (Wildman–Crippen MR) is 79.6 cm³/mol. The van der Waals surface area contributed by atoms with E-state index in [1.54, 1.807) is 0 Å². The van der Waals surface area contributed by atoms with Crippen LogP contribution in [0.1, 0.15) is 25.3 Å². The third-order valence-electron chi connectivity index (χ3n) is 3.63. The normalized spacial score (nSPS) is 17.2. The van der Waals surface area contributed by atoms with E-state index in [2.05, 4.69) is 28.6 Å². The smallest absolute Gasteiger partial charge is 0.221 e. The molecule has 0 unspecified atom stereocenters. The molecule has 0 aliphatic carbocycles. The summed E-state index contributed by atoms with van der Waals surface area (Å²) < 4.78 is 0. The standard InChI is InChI=1S/C15H23N3O/c1-11-10-14(4-5-15(11)16-12(2)19)17-13-6-8-18(3)9-7-13/h4-5,10,13,17H,6-9H2,1-3H3,(H,16,19). The largest absolute Gasteiger partial charge is 0.382 e. The molecule has 1 saturated heterocycles. The number of hydrogen-bond acceptors (Lipinski definition) is 3. The first-order chi connectivity index (χ1) is 9.04. The zero-order chi connectivity index (χ0) is 13.8. The number of carbonyl (C=O) groups excluding carboxylic acids is 1. The van der Waals surface area contributed by atoms with Crippen molar-refractivity contribution in [3.8, 4) is 0 Å². The Morgan fingerprint density at radius 2 is 2.00 bits per heavy atom. The molecular weight excluding hydrogens is 238 g/mol. The van der Waals surface area contributed by atoms with E-state index >= 15 is 0 Å². The Labute approximate surface area is 115 Å². The molecule has 2 N–H and O–H groups in total. The topological polar surface area (TPSA) is 44.4 Å². The second kappa shape index (κ2) is 6.06. The number of nitrogens with zero attached hydrogens (tertiary/aromatic N) is 1. The fraction of sp³-hybridized carbons (Fsp3) is 0.533. The fourth-order valence-electron chi connectivity index (χ4n) is 2.47. The Hall–Kier alpha value is -1.55. The number of aryl methyl sites for hydroxylation is 1. The Morgan fingerprint density at radius 3 is 2.58 bits per heavy atom. The van der Waals surface area contributed by atoms with Crippen LogP contribution in [0.4, 0.5) is 11.4 Å². The molecule has 2 rings (SSSR count). The van der Waals surface area contributed by atoms with Crippen LogP contribution in [-0.2, 0) is 4.79 Å². The molecule has 4 heteroatoms. The first-order valence-corrected chi connectivity index (χ1v) is 6.88. The molecule has 104 valence electrons. The molecule has 1 aliphatic rings. The number of benzene rings is 1. The lowest BCUT2D eigenvalue weighted by molar-refractivity contribution is -0.114. The van der Waals surface area contributed by atoms with Crippen molar-refractivity contribution in [2.24, 2.45) is 0 Å². The molecule has 1 amide bonds. The molecule has 1 aromatic rings. The van der Waals surface area contributed by atoms with Crippen LogP contribution in [0.25, 0.3) is 0 Å². The number of likely N-dealkylation sites (tertiary alicyclic amines) is 1. The quantitative estimate of drug-likeness (QED) is 0.878. The number of piperidine rings is 1. The van der Waals surface area contributed by atoms with Gasteiger partial charge < -0.3 is 15.5 Å². The van der Waals surface area contributed by atoms with Gasteiger partial charge in [0.1, 0.15) is 0 Å². The van der Waals surface area contributed by atoms with Gasteiger partial charge in [-0.1, -0.05) is 0 Å². The molecular formula is C15H23N3O. The predicted octanol–water partition coefficient (Wildman–Crippen LogP) is 2.46. The van der Waals surface area contributed by atoms with Crippen molar-refractivity contribution >= 4 is 17.3 Å². The second-order valence-corrected chi connectivity index (χ2v) is 5.43. The van der Waals surface area contributed by atoms with Crippen molar-refractivity contribution < 1.29 is 4.79 Å². The van der Waals surface area contributed by atoms with Crippen molar-refractivity contribution in [2.75, 3.05) is 30.8 Å². The Morgan fingerprint density at radius 1 is 1.32 bits per heavy atom.